The van der Waals surface area contributed by atoms with Gasteiger partial charge in [-0.1, -0.05) is 0 Å². The molecule has 1 aromatic carbocycles. The smallest absolute Gasteiger partial charge is 0.251 e. The molecule has 0 atom stereocenters. The molecule has 0 aromatic heterocycles. The molecule has 0 heterocycles. The van der Waals surface area contributed by atoms with E-state index in [-0.39, 0.29) is 11.9 Å². The summed E-state index contributed by atoms with van der Waals surface area (Å²) in [5.74, 6) is -0.175. The van der Waals surface area contributed by atoms with Crippen LogP contribution in [0, 0.1) is 0 Å². The van der Waals surface area contributed by atoms with Crippen LogP contribution in [0.4, 0.5) is 5.69 Å². The number of nitrogens with one attached hydrogen (secondary N) is 2. The van der Waals surface area contributed by atoms with E-state index in [1.54, 1.807) is 24.3 Å². The van der Waals surface area contributed by atoms with Gasteiger partial charge in [0, 0.05) is 17.3 Å². The zero-order valence-electron chi connectivity index (χ0n) is 10.0. The summed E-state index contributed by atoms with van der Waals surface area (Å²) in [6.07, 6.45) is 1.08. The van der Waals surface area contributed by atoms with Gasteiger partial charge in [0.1, 0.15) is 0 Å². The van der Waals surface area contributed by atoms with Gasteiger partial charge in [-0.15, -0.1) is 0 Å². The first kappa shape index (κ1) is 13.5. The first-order chi connectivity index (χ1) is 7.78. The van der Waals surface area contributed by atoms with Gasteiger partial charge in [0.2, 0.25) is 10.0 Å². The lowest BCUT2D eigenvalue weighted by Crippen LogP contribution is -2.29. The molecule has 0 aliphatic carbocycles. The summed E-state index contributed by atoms with van der Waals surface area (Å²) in [6, 6.07) is 6.32. The minimum absolute atomic E-state index is 0.0660. The third-order valence-corrected chi connectivity index (χ3v) is 2.48. The predicted molar refractivity (Wildman–Crippen MR) is 67.5 cm³/mol. The molecule has 1 rings (SSSR count). The highest BCUT2D eigenvalue weighted by molar-refractivity contribution is 7.92. The van der Waals surface area contributed by atoms with Gasteiger partial charge in [0.05, 0.1) is 6.26 Å². The number of anilines is 1. The number of hydrogen-bond donors (Lipinski definition) is 2. The second-order valence-electron chi connectivity index (χ2n) is 4.08. The Balaban J connectivity index is 2.78. The van der Waals surface area contributed by atoms with E-state index in [1.807, 2.05) is 13.8 Å². The molecule has 17 heavy (non-hydrogen) atoms. The van der Waals surface area contributed by atoms with Crippen LogP contribution < -0.4 is 10.0 Å². The average Bonchev–Trinajstić information content (AvgIpc) is 2.15. The fourth-order valence-corrected chi connectivity index (χ4v) is 1.81. The Kier molecular flexibility index (Phi) is 4.11. The van der Waals surface area contributed by atoms with E-state index in [0.717, 1.165) is 6.26 Å². The molecule has 1 aromatic rings. The number of hydrogen-bond acceptors (Lipinski definition) is 3. The van der Waals surface area contributed by atoms with Crippen LogP contribution in [0.2, 0.25) is 0 Å². The van der Waals surface area contributed by atoms with Gasteiger partial charge in [-0.05, 0) is 38.1 Å². The Morgan fingerprint density at radius 3 is 2.12 bits per heavy atom. The van der Waals surface area contributed by atoms with E-state index in [1.165, 1.54) is 0 Å². The summed E-state index contributed by atoms with van der Waals surface area (Å²) >= 11 is 0. The lowest BCUT2D eigenvalue weighted by atomic mass is 10.2. The number of carbonyl (C=O) groups is 1. The number of carbonyl (C=O) groups excluding carboxylic acids is 1. The standard InChI is InChI=1S/C11H16N2O3S/c1-8(2)12-11(14)9-4-6-10(7-5-9)13-17(3,15)16/h4-8,13H,1-3H3,(H,12,14). The summed E-state index contributed by atoms with van der Waals surface area (Å²) in [4.78, 5) is 11.6. The Hall–Kier alpha value is -1.56. The van der Waals surface area contributed by atoms with Crippen molar-refractivity contribution in [3.8, 4) is 0 Å². The zero-order valence-corrected chi connectivity index (χ0v) is 10.8. The summed E-state index contributed by atoms with van der Waals surface area (Å²) in [5, 5.41) is 2.75. The lowest BCUT2D eigenvalue weighted by Gasteiger charge is -2.09. The van der Waals surface area contributed by atoms with Crippen molar-refractivity contribution in [3.63, 3.8) is 0 Å². The summed E-state index contributed by atoms with van der Waals surface area (Å²) in [7, 11) is -3.28. The molecule has 0 aliphatic heterocycles. The van der Waals surface area contributed by atoms with Crippen LogP contribution in [0.1, 0.15) is 24.2 Å². The molecule has 0 aliphatic rings. The van der Waals surface area contributed by atoms with Gasteiger partial charge in [0.15, 0.2) is 0 Å². The van der Waals surface area contributed by atoms with Crippen molar-refractivity contribution in [2.45, 2.75) is 19.9 Å². The number of sulfonamides is 1. The van der Waals surface area contributed by atoms with Crippen molar-refractivity contribution >= 4 is 21.6 Å². The molecule has 1 amide bonds. The van der Waals surface area contributed by atoms with Crippen LogP contribution in [-0.2, 0) is 10.0 Å². The zero-order chi connectivity index (χ0) is 13.1. The van der Waals surface area contributed by atoms with E-state index in [0.29, 0.717) is 11.3 Å². The number of benzene rings is 1. The van der Waals surface area contributed by atoms with Crippen LogP contribution >= 0.6 is 0 Å². The highest BCUT2D eigenvalue weighted by Crippen LogP contribution is 2.10. The van der Waals surface area contributed by atoms with Gasteiger partial charge in [0.25, 0.3) is 5.91 Å². The Morgan fingerprint density at radius 1 is 1.18 bits per heavy atom. The molecular weight excluding hydrogens is 240 g/mol. The van der Waals surface area contributed by atoms with E-state index in [2.05, 4.69) is 10.0 Å². The lowest BCUT2D eigenvalue weighted by molar-refractivity contribution is 0.0943. The van der Waals surface area contributed by atoms with E-state index in [9.17, 15) is 13.2 Å². The number of amides is 1. The van der Waals surface area contributed by atoms with Gasteiger partial charge in [-0.3, -0.25) is 9.52 Å². The molecule has 0 fully saturated rings. The highest BCUT2D eigenvalue weighted by atomic mass is 32.2. The molecule has 6 heteroatoms. The quantitative estimate of drug-likeness (QED) is 0.850. The topological polar surface area (TPSA) is 75.3 Å². The fourth-order valence-electron chi connectivity index (χ4n) is 1.25. The van der Waals surface area contributed by atoms with E-state index in [4.69, 9.17) is 0 Å². The monoisotopic (exact) mass is 256 g/mol. The highest BCUT2D eigenvalue weighted by Gasteiger charge is 2.07. The van der Waals surface area contributed by atoms with Crippen molar-refractivity contribution in [2.75, 3.05) is 11.0 Å². The minimum atomic E-state index is -3.28. The van der Waals surface area contributed by atoms with Crippen LogP contribution in [0.5, 0.6) is 0 Å². The molecular formula is C11H16N2O3S. The maximum absolute atomic E-state index is 11.6. The molecule has 94 valence electrons. The van der Waals surface area contributed by atoms with Crippen molar-refractivity contribution in [1.29, 1.82) is 0 Å². The second-order valence-corrected chi connectivity index (χ2v) is 5.83. The third kappa shape index (κ3) is 4.86. The first-order valence-corrected chi connectivity index (χ1v) is 7.06. The summed E-state index contributed by atoms with van der Waals surface area (Å²) in [5.41, 5.74) is 0.936. The predicted octanol–water partition coefficient (Wildman–Crippen LogP) is 1.20. The van der Waals surface area contributed by atoms with Crippen LogP contribution in [0.3, 0.4) is 0 Å². The van der Waals surface area contributed by atoms with Gasteiger partial charge >= 0.3 is 0 Å². The second kappa shape index (κ2) is 5.18. The molecule has 0 spiro atoms. The third-order valence-electron chi connectivity index (χ3n) is 1.87. The SMILES string of the molecule is CC(C)NC(=O)c1ccc(NS(C)(=O)=O)cc1. The maximum Gasteiger partial charge on any atom is 0.251 e. The van der Waals surface area contributed by atoms with Gasteiger partial charge in [-0.2, -0.15) is 0 Å². The van der Waals surface area contributed by atoms with Gasteiger partial charge in [-0.25, -0.2) is 8.42 Å². The van der Waals surface area contributed by atoms with Crippen LogP contribution in [0.25, 0.3) is 0 Å². The Labute approximate surface area is 101 Å². The van der Waals surface area contributed by atoms with Crippen LogP contribution in [-0.4, -0.2) is 26.6 Å². The Morgan fingerprint density at radius 2 is 1.71 bits per heavy atom. The van der Waals surface area contributed by atoms with Crippen LogP contribution in [0.15, 0.2) is 24.3 Å². The molecule has 2 N–H and O–H groups in total. The van der Waals surface area contributed by atoms with E-state index < -0.39 is 10.0 Å². The summed E-state index contributed by atoms with van der Waals surface area (Å²) < 4.78 is 24.3. The largest absolute Gasteiger partial charge is 0.350 e. The number of rotatable bonds is 4. The van der Waals surface area contributed by atoms with Crippen molar-refractivity contribution in [3.05, 3.63) is 29.8 Å². The first-order valence-electron chi connectivity index (χ1n) is 5.16. The molecule has 0 unspecified atom stereocenters. The van der Waals surface area contributed by atoms with Gasteiger partial charge < -0.3 is 5.32 Å². The van der Waals surface area contributed by atoms with Crippen molar-refractivity contribution < 1.29 is 13.2 Å². The Bertz CT molecular complexity index is 492. The molecule has 0 radical (unpaired) electrons. The summed E-state index contributed by atoms with van der Waals surface area (Å²) in [6.45, 7) is 3.75. The van der Waals surface area contributed by atoms with Crippen molar-refractivity contribution in [1.82, 2.24) is 5.32 Å². The minimum Gasteiger partial charge on any atom is -0.350 e. The average molecular weight is 256 g/mol. The molecule has 0 saturated heterocycles. The fraction of sp³-hybridized carbons (Fsp3) is 0.364. The van der Waals surface area contributed by atoms with Crippen molar-refractivity contribution in [2.24, 2.45) is 0 Å². The molecule has 5 nitrogen and oxygen atoms in total. The normalized spacial score (nSPS) is 11.3. The van der Waals surface area contributed by atoms with E-state index >= 15 is 0 Å². The molecule has 0 saturated carbocycles. The maximum atomic E-state index is 11.6. The molecule has 0 bridgehead atoms.